The Labute approximate surface area is 186 Å². The molecule has 1 saturated heterocycles. The Kier molecular flexibility index (Phi) is 7.01. The van der Waals surface area contributed by atoms with Crippen molar-refractivity contribution in [3.63, 3.8) is 0 Å². The van der Waals surface area contributed by atoms with E-state index in [1.54, 1.807) is 12.0 Å². The number of anilines is 1. The van der Waals surface area contributed by atoms with Crippen molar-refractivity contribution in [3.8, 4) is 11.5 Å². The van der Waals surface area contributed by atoms with Crippen LogP contribution >= 0.6 is 11.3 Å². The van der Waals surface area contributed by atoms with Gasteiger partial charge < -0.3 is 14.2 Å². The largest absolute Gasteiger partial charge is 0.494 e. The van der Waals surface area contributed by atoms with Gasteiger partial charge in [-0.05, 0) is 30.7 Å². The molecule has 0 radical (unpaired) electrons. The average molecular weight is 442 g/mol. The number of morpholine rings is 1. The minimum atomic E-state index is -0.118. The van der Waals surface area contributed by atoms with Crippen molar-refractivity contribution in [1.29, 1.82) is 0 Å². The maximum absolute atomic E-state index is 13.2. The molecule has 1 aliphatic heterocycles. The molecule has 164 valence electrons. The molecule has 0 unspecified atom stereocenters. The minimum Gasteiger partial charge on any atom is -0.494 e. The van der Waals surface area contributed by atoms with E-state index in [9.17, 15) is 4.79 Å². The lowest BCUT2D eigenvalue weighted by Crippen LogP contribution is -2.44. The van der Waals surface area contributed by atoms with Crippen LogP contribution in [-0.2, 0) is 9.53 Å². The van der Waals surface area contributed by atoms with Gasteiger partial charge in [-0.25, -0.2) is 4.98 Å². The Hall–Kier alpha value is -2.68. The number of benzene rings is 2. The number of carbonyl (C=O) groups excluding carboxylic acids is 1. The molecule has 0 N–H and O–H groups in total. The van der Waals surface area contributed by atoms with Gasteiger partial charge in [0.25, 0.3) is 5.91 Å². The fourth-order valence-corrected chi connectivity index (χ4v) is 4.61. The van der Waals surface area contributed by atoms with Gasteiger partial charge in [0.2, 0.25) is 0 Å². The second-order valence-corrected chi connectivity index (χ2v) is 8.34. The third-order valence-electron chi connectivity index (χ3n) is 5.29. The van der Waals surface area contributed by atoms with E-state index in [4.69, 9.17) is 19.2 Å². The zero-order chi connectivity index (χ0) is 21.6. The number of fused-ring (bicyclic) bond motifs is 1. The van der Waals surface area contributed by atoms with E-state index >= 15 is 0 Å². The summed E-state index contributed by atoms with van der Waals surface area (Å²) in [5.41, 5.74) is 1.90. The van der Waals surface area contributed by atoms with E-state index in [-0.39, 0.29) is 12.5 Å². The number of rotatable bonds is 8. The number of carbonyl (C=O) groups is 1. The number of hydrogen-bond donors (Lipinski definition) is 0. The zero-order valence-corrected chi connectivity index (χ0v) is 18.7. The van der Waals surface area contributed by atoms with Crippen LogP contribution in [0.4, 0.5) is 5.13 Å². The topological polar surface area (TPSA) is 64.1 Å². The van der Waals surface area contributed by atoms with Crippen LogP contribution in [0.25, 0.3) is 10.2 Å². The number of methoxy groups -OCH3 is 1. The van der Waals surface area contributed by atoms with Crippen LogP contribution in [0.1, 0.15) is 5.56 Å². The number of aromatic nitrogens is 1. The normalized spacial score (nSPS) is 14.5. The number of thiazole rings is 1. The molecule has 3 aromatic rings. The van der Waals surface area contributed by atoms with E-state index in [0.717, 1.165) is 48.6 Å². The summed E-state index contributed by atoms with van der Waals surface area (Å²) in [6, 6.07) is 13.3. The molecular weight excluding hydrogens is 414 g/mol. The first kappa shape index (κ1) is 21.5. The second-order valence-electron chi connectivity index (χ2n) is 7.36. The smallest absolute Gasteiger partial charge is 0.266 e. The average Bonchev–Trinajstić information content (AvgIpc) is 3.25. The van der Waals surface area contributed by atoms with Crippen molar-refractivity contribution in [2.24, 2.45) is 0 Å². The number of aryl methyl sites for hydroxylation is 1. The van der Waals surface area contributed by atoms with E-state index in [2.05, 4.69) is 4.90 Å². The molecule has 2 aromatic carbocycles. The van der Waals surface area contributed by atoms with Crippen molar-refractivity contribution >= 4 is 32.6 Å². The Morgan fingerprint density at radius 3 is 2.71 bits per heavy atom. The molecule has 31 heavy (non-hydrogen) atoms. The van der Waals surface area contributed by atoms with Gasteiger partial charge >= 0.3 is 0 Å². The van der Waals surface area contributed by atoms with Crippen molar-refractivity contribution in [2.75, 3.05) is 58.0 Å². The van der Waals surface area contributed by atoms with Gasteiger partial charge in [-0.1, -0.05) is 35.6 Å². The quantitative estimate of drug-likeness (QED) is 0.534. The lowest BCUT2D eigenvalue weighted by atomic mass is 10.2. The van der Waals surface area contributed by atoms with E-state index in [0.29, 0.717) is 23.2 Å². The van der Waals surface area contributed by atoms with Crippen molar-refractivity contribution in [1.82, 2.24) is 9.88 Å². The van der Waals surface area contributed by atoms with E-state index in [1.807, 2.05) is 49.4 Å². The summed E-state index contributed by atoms with van der Waals surface area (Å²) >= 11 is 1.51. The molecule has 8 heteroatoms. The number of para-hydroxylation sites is 1. The SMILES string of the molecule is COc1ccc(C)c2sc(N(CCN3CCOCC3)C(=O)COc3ccccc3)nc12. The lowest BCUT2D eigenvalue weighted by Gasteiger charge is -2.29. The fraction of sp³-hybridized carbons (Fsp3) is 0.391. The van der Waals surface area contributed by atoms with Gasteiger partial charge in [0.05, 0.1) is 25.0 Å². The molecule has 4 rings (SSSR count). The van der Waals surface area contributed by atoms with Gasteiger partial charge in [-0.15, -0.1) is 0 Å². The Morgan fingerprint density at radius 2 is 1.97 bits per heavy atom. The molecule has 2 heterocycles. The molecule has 7 nitrogen and oxygen atoms in total. The first-order valence-corrected chi connectivity index (χ1v) is 11.2. The predicted molar refractivity (Wildman–Crippen MR) is 122 cm³/mol. The van der Waals surface area contributed by atoms with Gasteiger partial charge in [0, 0.05) is 26.2 Å². The van der Waals surface area contributed by atoms with E-state index in [1.165, 1.54) is 11.3 Å². The summed E-state index contributed by atoms with van der Waals surface area (Å²) in [7, 11) is 1.64. The molecule has 0 saturated carbocycles. The van der Waals surface area contributed by atoms with Crippen LogP contribution in [0.15, 0.2) is 42.5 Å². The molecule has 1 fully saturated rings. The molecule has 1 amide bonds. The zero-order valence-electron chi connectivity index (χ0n) is 17.9. The monoisotopic (exact) mass is 441 g/mol. The van der Waals surface area contributed by atoms with Crippen LogP contribution in [0, 0.1) is 6.92 Å². The van der Waals surface area contributed by atoms with Gasteiger partial charge in [-0.3, -0.25) is 14.6 Å². The summed E-state index contributed by atoms with van der Waals surface area (Å²) in [4.78, 5) is 22.0. The summed E-state index contributed by atoms with van der Waals surface area (Å²) in [6.07, 6.45) is 0. The Morgan fingerprint density at radius 1 is 1.19 bits per heavy atom. The van der Waals surface area contributed by atoms with Crippen molar-refractivity contribution < 1.29 is 19.0 Å². The Balaban J connectivity index is 1.57. The number of ether oxygens (including phenoxy) is 3. The number of nitrogens with zero attached hydrogens (tertiary/aromatic N) is 3. The first-order valence-electron chi connectivity index (χ1n) is 10.4. The number of amides is 1. The standard InChI is InChI=1S/C23H27N3O4S/c1-17-8-9-19(28-2)21-22(17)31-23(24-21)26(11-10-25-12-14-29-15-13-25)20(27)16-30-18-6-4-3-5-7-18/h3-9H,10-16H2,1-2H3. The second kappa shape index (κ2) is 10.1. The highest BCUT2D eigenvalue weighted by atomic mass is 32.1. The highest BCUT2D eigenvalue weighted by Crippen LogP contribution is 2.36. The van der Waals surface area contributed by atoms with Gasteiger partial charge in [-0.2, -0.15) is 0 Å². The third kappa shape index (κ3) is 5.15. The van der Waals surface area contributed by atoms with Crippen LogP contribution in [0.2, 0.25) is 0 Å². The number of hydrogen-bond acceptors (Lipinski definition) is 7. The van der Waals surface area contributed by atoms with Crippen molar-refractivity contribution in [3.05, 3.63) is 48.0 Å². The van der Waals surface area contributed by atoms with Gasteiger partial charge in [0.15, 0.2) is 11.7 Å². The molecule has 1 aliphatic rings. The minimum absolute atomic E-state index is 0.0425. The summed E-state index contributed by atoms with van der Waals surface area (Å²) in [5, 5.41) is 0.664. The fourth-order valence-electron chi connectivity index (χ4n) is 3.51. The molecular formula is C23H27N3O4S. The molecule has 0 atom stereocenters. The summed E-state index contributed by atoms with van der Waals surface area (Å²) in [5.74, 6) is 1.27. The van der Waals surface area contributed by atoms with Crippen molar-refractivity contribution in [2.45, 2.75) is 6.92 Å². The molecule has 0 bridgehead atoms. The highest BCUT2D eigenvalue weighted by molar-refractivity contribution is 7.22. The third-order valence-corrected chi connectivity index (χ3v) is 6.51. The van der Waals surface area contributed by atoms with Crippen LogP contribution in [-0.4, -0.2) is 68.9 Å². The maximum atomic E-state index is 13.2. The molecule has 0 spiro atoms. The van der Waals surface area contributed by atoms with Crippen LogP contribution < -0.4 is 14.4 Å². The van der Waals surface area contributed by atoms with E-state index < -0.39 is 0 Å². The maximum Gasteiger partial charge on any atom is 0.266 e. The predicted octanol–water partition coefficient (Wildman–Crippen LogP) is 3.36. The van der Waals surface area contributed by atoms with Crippen LogP contribution in [0.5, 0.6) is 11.5 Å². The summed E-state index contributed by atoms with van der Waals surface area (Å²) in [6.45, 7) is 6.49. The molecule has 0 aliphatic carbocycles. The summed E-state index contributed by atoms with van der Waals surface area (Å²) < 4.78 is 17.7. The van der Waals surface area contributed by atoms with Crippen LogP contribution in [0.3, 0.4) is 0 Å². The molecule has 1 aromatic heterocycles. The first-order chi connectivity index (χ1) is 15.2. The Bertz CT molecular complexity index is 1020. The highest BCUT2D eigenvalue weighted by Gasteiger charge is 2.23. The van der Waals surface area contributed by atoms with Gasteiger partial charge in [0.1, 0.15) is 17.0 Å². The lowest BCUT2D eigenvalue weighted by molar-refractivity contribution is -0.120.